The Hall–Kier alpha value is -2.44. The van der Waals surface area contributed by atoms with Crippen molar-refractivity contribution < 1.29 is 9.59 Å². The van der Waals surface area contributed by atoms with Crippen LogP contribution in [0.2, 0.25) is 0 Å². The third kappa shape index (κ3) is 3.31. The standard InChI is InChI=1S/C13H17N5O2/c1-2-3-14-13(20)11-8-12(16-9-15-11)18-6-4-17(10-19)5-7-18/h2,8-10H,1,3-7H2,(H,14,20). The van der Waals surface area contributed by atoms with E-state index in [4.69, 9.17) is 0 Å². The molecule has 0 aromatic carbocycles. The number of hydrogen-bond donors (Lipinski definition) is 1. The van der Waals surface area contributed by atoms with Gasteiger partial charge in [-0.2, -0.15) is 0 Å². The van der Waals surface area contributed by atoms with E-state index < -0.39 is 0 Å². The Morgan fingerprint density at radius 2 is 2.10 bits per heavy atom. The molecular formula is C13H17N5O2. The van der Waals surface area contributed by atoms with E-state index in [0.717, 1.165) is 6.41 Å². The van der Waals surface area contributed by atoms with Gasteiger partial charge >= 0.3 is 0 Å². The number of nitrogens with zero attached hydrogens (tertiary/aromatic N) is 4. The van der Waals surface area contributed by atoms with Crippen LogP contribution in [0.5, 0.6) is 0 Å². The summed E-state index contributed by atoms with van der Waals surface area (Å²) >= 11 is 0. The summed E-state index contributed by atoms with van der Waals surface area (Å²) in [7, 11) is 0. The van der Waals surface area contributed by atoms with Gasteiger partial charge in [0.05, 0.1) is 0 Å². The lowest BCUT2D eigenvalue weighted by molar-refractivity contribution is -0.118. The first-order valence-corrected chi connectivity index (χ1v) is 6.40. The highest BCUT2D eigenvalue weighted by atomic mass is 16.2. The molecule has 1 aromatic rings. The molecule has 0 atom stereocenters. The van der Waals surface area contributed by atoms with Gasteiger partial charge < -0.3 is 15.1 Å². The average molecular weight is 275 g/mol. The van der Waals surface area contributed by atoms with Gasteiger partial charge in [-0.15, -0.1) is 6.58 Å². The molecule has 0 saturated carbocycles. The summed E-state index contributed by atoms with van der Waals surface area (Å²) < 4.78 is 0. The lowest BCUT2D eigenvalue weighted by Crippen LogP contribution is -2.46. The molecule has 0 unspecified atom stereocenters. The molecule has 7 nitrogen and oxygen atoms in total. The fraction of sp³-hybridized carbons (Fsp3) is 0.385. The zero-order valence-electron chi connectivity index (χ0n) is 11.2. The van der Waals surface area contributed by atoms with Crippen molar-refractivity contribution in [2.24, 2.45) is 0 Å². The number of aromatic nitrogens is 2. The summed E-state index contributed by atoms with van der Waals surface area (Å²) in [4.78, 5) is 34.4. The zero-order valence-corrected chi connectivity index (χ0v) is 11.2. The SMILES string of the molecule is C=CCNC(=O)c1cc(N2CCN(C=O)CC2)ncn1. The molecule has 0 spiro atoms. The van der Waals surface area contributed by atoms with Crippen molar-refractivity contribution in [3.8, 4) is 0 Å². The van der Waals surface area contributed by atoms with Gasteiger partial charge in [-0.3, -0.25) is 9.59 Å². The minimum absolute atomic E-state index is 0.250. The van der Waals surface area contributed by atoms with Gasteiger partial charge in [0.2, 0.25) is 6.41 Å². The third-order valence-electron chi connectivity index (χ3n) is 3.08. The molecule has 106 valence electrons. The summed E-state index contributed by atoms with van der Waals surface area (Å²) in [6.07, 6.45) is 3.84. The van der Waals surface area contributed by atoms with Crippen LogP contribution in [0.25, 0.3) is 0 Å². The summed E-state index contributed by atoms with van der Waals surface area (Å²) in [5, 5.41) is 2.67. The first-order chi connectivity index (χ1) is 9.74. The second-order valence-electron chi connectivity index (χ2n) is 4.39. The van der Waals surface area contributed by atoms with Gasteiger partial charge in [-0.1, -0.05) is 6.08 Å². The molecule has 0 aliphatic carbocycles. The Bertz CT molecular complexity index is 497. The highest BCUT2D eigenvalue weighted by Gasteiger charge is 2.18. The minimum Gasteiger partial charge on any atom is -0.353 e. The monoisotopic (exact) mass is 275 g/mol. The number of nitrogens with one attached hydrogen (secondary N) is 1. The van der Waals surface area contributed by atoms with E-state index in [1.165, 1.54) is 6.33 Å². The molecule has 1 aromatic heterocycles. The number of anilines is 1. The Morgan fingerprint density at radius 1 is 1.35 bits per heavy atom. The fourth-order valence-corrected chi connectivity index (χ4v) is 1.96. The third-order valence-corrected chi connectivity index (χ3v) is 3.08. The molecule has 1 aliphatic rings. The predicted molar refractivity (Wildman–Crippen MR) is 74.4 cm³/mol. The van der Waals surface area contributed by atoms with Gasteiger partial charge in [0.15, 0.2) is 0 Å². The van der Waals surface area contributed by atoms with Crippen molar-refractivity contribution in [1.82, 2.24) is 20.2 Å². The molecule has 1 N–H and O–H groups in total. The summed E-state index contributed by atoms with van der Waals surface area (Å²) in [5.74, 6) is 0.453. The minimum atomic E-state index is -0.250. The number of hydrogen-bond acceptors (Lipinski definition) is 5. The Balaban J connectivity index is 2.04. The van der Waals surface area contributed by atoms with E-state index in [-0.39, 0.29) is 5.91 Å². The summed E-state index contributed by atoms with van der Waals surface area (Å²) in [6.45, 7) is 6.65. The van der Waals surface area contributed by atoms with Crippen molar-refractivity contribution >= 4 is 18.1 Å². The van der Waals surface area contributed by atoms with Gasteiger partial charge in [0.1, 0.15) is 17.8 Å². The number of piperazine rings is 1. The van der Waals surface area contributed by atoms with Crippen molar-refractivity contribution in [2.45, 2.75) is 0 Å². The van der Waals surface area contributed by atoms with Crippen LogP contribution >= 0.6 is 0 Å². The zero-order chi connectivity index (χ0) is 14.4. The molecule has 0 bridgehead atoms. The van der Waals surface area contributed by atoms with E-state index in [2.05, 4.69) is 21.9 Å². The molecule has 2 amide bonds. The molecule has 1 fully saturated rings. The summed E-state index contributed by atoms with van der Waals surface area (Å²) in [6, 6.07) is 1.66. The molecule has 2 rings (SSSR count). The lowest BCUT2D eigenvalue weighted by atomic mass is 10.3. The van der Waals surface area contributed by atoms with Crippen LogP contribution in [-0.2, 0) is 4.79 Å². The van der Waals surface area contributed by atoms with E-state index in [1.54, 1.807) is 17.0 Å². The second-order valence-corrected chi connectivity index (χ2v) is 4.39. The number of carbonyl (C=O) groups is 2. The summed E-state index contributed by atoms with van der Waals surface area (Å²) in [5.41, 5.74) is 0.328. The largest absolute Gasteiger partial charge is 0.353 e. The number of rotatable bonds is 5. The molecule has 0 radical (unpaired) electrons. The Labute approximate surface area is 117 Å². The van der Waals surface area contributed by atoms with E-state index in [1.807, 2.05) is 4.90 Å². The topological polar surface area (TPSA) is 78.4 Å². The quantitative estimate of drug-likeness (QED) is 0.588. The fourth-order valence-electron chi connectivity index (χ4n) is 1.96. The first-order valence-electron chi connectivity index (χ1n) is 6.40. The molecule has 20 heavy (non-hydrogen) atoms. The molecule has 1 aliphatic heterocycles. The van der Waals surface area contributed by atoms with Crippen LogP contribution in [0.3, 0.4) is 0 Å². The highest BCUT2D eigenvalue weighted by Crippen LogP contribution is 2.13. The van der Waals surface area contributed by atoms with Crippen molar-refractivity contribution in [1.29, 1.82) is 0 Å². The van der Waals surface area contributed by atoms with Crippen molar-refractivity contribution in [3.05, 3.63) is 30.7 Å². The smallest absolute Gasteiger partial charge is 0.270 e. The van der Waals surface area contributed by atoms with Gasteiger partial charge in [-0.25, -0.2) is 9.97 Å². The lowest BCUT2D eigenvalue weighted by Gasteiger charge is -2.33. The van der Waals surface area contributed by atoms with Crippen molar-refractivity contribution in [3.63, 3.8) is 0 Å². The molecule has 2 heterocycles. The maximum Gasteiger partial charge on any atom is 0.270 e. The predicted octanol–water partition coefficient (Wildman–Crippen LogP) is -0.329. The van der Waals surface area contributed by atoms with Gasteiger partial charge in [-0.05, 0) is 0 Å². The Kier molecular flexibility index (Phi) is 4.65. The number of amides is 2. The van der Waals surface area contributed by atoms with E-state index in [9.17, 15) is 9.59 Å². The first kappa shape index (κ1) is 14.0. The Morgan fingerprint density at radius 3 is 2.75 bits per heavy atom. The van der Waals surface area contributed by atoms with Crippen LogP contribution < -0.4 is 10.2 Å². The molecular weight excluding hydrogens is 258 g/mol. The van der Waals surface area contributed by atoms with Crippen LogP contribution in [0.15, 0.2) is 25.0 Å². The van der Waals surface area contributed by atoms with Crippen LogP contribution in [0.1, 0.15) is 10.5 Å². The van der Waals surface area contributed by atoms with Gasteiger partial charge in [0, 0.05) is 38.8 Å². The van der Waals surface area contributed by atoms with Crippen LogP contribution in [0, 0.1) is 0 Å². The van der Waals surface area contributed by atoms with E-state index >= 15 is 0 Å². The number of carbonyl (C=O) groups excluding carboxylic acids is 2. The normalized spacial score (nSPS) is 14.8. The van der Waals surface area contributed by atoms with E-state index in [0.29, 0.717) is 44.2 Å². The maximum atomic E-state index is 11.8. The molecule has 1 saturated heterocycles. The maximum absolute atomic E-state index is 11.8. The van der Waals surface area contributed by atoms with Crippen LogP contribution in [0.4, 0.5) is 5.82 Å². The van der Waals surface area contributed by atoms with Crippen LogP contribution in [-0.4, -0.2) is 59.9 Å². The average Bonchev–Trinajstić information content (AvgIpc) is 2.52. The highest BCUT2D eigenvalue weighted by molar-refractivity contribution is 5.92. The second kappa shape index (κ2) is 6.65. The van der Waals surface area contributed by atoms with Gasteiger partial charge in [0.25, 0.3) is 5.91 Å². The molecule has 7 heteroatoms. The van der Waals surface area contributed by atoms with Crippen molar-refractivity contribution in [2.75, 3.05) is 37.6 Å².